The summed E-state index contributed by atoms with van der Waals surface area (Å²) in [7, 11) is 0. The van der Waals surface area contributed by atoms with Gasteiger partial charge in [0.05, 0.1) is 4.92 Å². The molecule has 0 aliphatic rings. The van der Waals surface area contributed by atoms with Gasteiger partial charge in [0.1, 0.15) is 5.56 Å². The van der Waals surface area contributed by atoms with Crippen LogP contribution in [0.15, 0.2) is 6.20 Å². The number of halogens is 7. The Morgan fingerprint density at radius 3 is 2.16 bits per heavy atom. The Bertz CT molecular complexity index is 515. The van der Waals surface area contributed by atoms with Crippen molar-refractivity contribution in [2.45, 2.75) is 12.5 Å². The smallest absolute Gasteiger partial charge is 0.398 e. The summed E-state index contributed by atoms with van der Waals surface area (Å²) >= 11 is 1.13. The van der Waals surface area contributed by atoms with Gasteiger partial charge < -0.3 is 4.74 Å². The quantitative estimate of drug-likeness (QED) is 0.250. The van der Waals surface area contributed by atoms with Gasteiger partial charge in [-0.25, -0.2) is 4.98 Å². The number of hydrogen-bond donors (Lipinski definition) is 0. The van der Waals surface area contributed by atoms with Crippen LogP contribution in [0.4, 0.5) is 32.0 Å². The fourth-order valence-corrected chi connectivity index (χ4v) is 1.62. The van der Waals surface area contributed by atoms with Crippen molar-refractivity contribution < 1.29 is 36.0 Å². The maximum atomic E-state index is 12.5. The van der Waals surface area contributed by atoms with Crippen molar-refractivity contribution in [3.8, 4) is 5.75 Å². The minimum absolute atomic E-state index is 0.0375. The van der Waals surface area contributed by atoms with Crippen LogP contribution in [0.2, 0.25) is 0 Å². The lowest BCUT2D eigenvalue weighted by Gasteiger charge is -2.15. The Morgan fingerprint density at radius 2 is 1.79 bits per heavy atom. The Kier molecular flexibility index (Phi) is 4.11. The molecule has 106 valence electrons. The van der Waals surface area contributed by atoms with E-state index in [1.54, 1.807) is 0 Å². The van der Waals surface area contributed by atoms with Crippen molar-refractivity contribution in [3.63, 3.8) is 0 Å². The minimum atomic E-state index is -5.50. The van der Waals surface area contributed by atoms with Crippen molar-refractivity contribution in [3.05, 3.63) is 25.6 Å². The van der Waals surface area contributed by atoms with Gasteiger partial charge in [-0.1, -0.05) is 0 Å². The summed E-state index contributed by atoms with van der Waals surface area (Å²) in [4.78, 5) is 12.2. The van der Waals surface area contributed by atoms with Crippen molar-refractivity contribution in [2.24, 2.45) is 0 Å². The van der Waals surface area contributed by atoms with E-state index < -0.39 is 38.2 Å². The summed E-state index contributed by atoms with van der Waals surface area (Å²) in [5.74, 6) is -1.93. The zero-order chi connectivity index (χ0) is 15.0. The van der Waals surface area contributed by atoms with Gasteiger partial charge in [0.15, 0.2) is 3.70 Å². The van der Waals surface area contributed by atoms with Crippen molar-refractivity contribution in [1.29, 1.82) is 0 Å². The molecule has 0 aromatic carbocycles. The first-order valence-electron chi connectivity index (χ1n) is 4.09. The average molecular weight is 402 g/mol. The third-order valence-electron chi connectivity index (χ3n) is 1.67. The molecule has 0 atom stereocenters. The molecule has 0 saturated carbocycles. The normalized spacial score (nSPS) is 12.4. The number of nitrogens with zero attached hydrogens (tertiary/aromatic N) is 2. The zero-order valence-corrected chi connectivity index (χ0v) is 10.5. The predicted octanol–water partition coefficient (Wildman–Crippen LogP) is 3.51. The molecule has 0 N–H and O–H groups in total. The van der Waals surface area contributed by atoms with E-state index in [9.17, 15) is 36.5 Å². The molecule has 1 aromatic heterocycles. The molecule has 0 aliphatic heterocycles. The molecule has 5 nitrogen and oxygen atoms in total. The number of hydrogen-bond acceptors (Lipinski definition) is 4. The number of rotatable bonds is 2. The molecular weight excluding hydrogens is 401 g/mol. The Balaban J connectivity index is 3.59. The lowest BCUT2D eigenvalue weighted by molar-refractivity contribution is -0.390. The maximum Gasteiger partial charge on any atom is 0.573 e. The SMILES string of the molecule is O=[N+]([O-])c1c(I)ncc(C(F)(F)F)c1OC(F)(F)F. The van der Waals surface area contributed by atoms with Crippen LogP contribution in [0.5, 0.6) is 5.75 Å². The number of pyridine rings is 1. The van der Waals surface area contributed by atoms with Crippen LogP contribution in [0.1, 0.15) is 5.56 Å². The topological polar surface area (TPSA) is 65.3 Å². The van der Waals surface area contributed by atoms with Crippen LogP contribution >= 0.6 is 22.6 Å². The lowest BCUT2D eigenvalue weighted by Crippen LogP contribution is -2.22. The first kappa shape index (κ1) is 15.7. The summed E-state index contributed by atoms with van der Waals surface area (Å²) in [5.41, 5.74) is -3.47. The second-order valence-corrected chi connectivity index (χ2v) is 3.96. The molecule has 0 unspecified atom stereocenters. The highest BCUT2D eigenvalue weighted by atomic mass is 127. The molecule has 12 heteroatoms. The Labute approximate surface area is 113 Å². The molecule has 1 rings (SSSR count). The van der Waals surface area contributed by atoms with Gasteiger partial charge in [0, 0.05) is 6.20 Å². The first-order valence-corrected chi connectivity index (χ1v) is 5.17. The van der Waals surface area contributed by atoms with Crippen LogP contribution in [-0.2, 0) is 6.18 Å². The van der Waals surface area contributed by atoms with E-state index in [0.29, 0.717) is 0 Å². The van der Waals surface area contributed by atoms with Gasteiger partial charge in [-0.15, -0.1) is 13.2 Å². The van der Waals surface area contributed by atoms with E-state index in [1.807, 2.05) is 0 Å². The molecule has 19 heavy (non-hydrogen) atoms. The number of alkyl halides is 6. The number of ether oxygens (including phenoxy) is 1. The van der Waals surface area contributed by atoms with Gasteiger partial charge in [0.25, 0.3) is 0 Å². The first-order chi connectivity index (χ1) is 8.43. The molecule has 0 radical (unpaired) electrons. The van der Waals surface area contributed by atoms with E-state index in [0.717, 1.165) is 22.6 Å². The van der Waals surface area contributed by atoms with Crippen molar-refractivity contribution >= 4 is 28.3 Å². The van der Waals surface area contributed by atoms with Gasteiger partial charge in [-0.3, -0.25) is 10.1 Å². The molecule has 0 aliphatic carbocycles. The van der Waals surface area contributed by atoms with Crippen LogP contribution in [0.25, 0.3) is 0 Å². The second-order valence-electron chi connectivity index (χ2n) is 2.94. The molecule has 1 heterocycles. The van der Waals surface area contributed by atoms with Crippen LogP contribution in [0, 0.1) is 13.8 Å². The fourth-order valence-electron chi connectivity index (χ4n) is 1.04. The molecule has 0 fully saturated rings. The second kappa shape index (κ2) is 4.97. The summed E-state index contributed by atoms with van der Waals surface area (Å²) in [6.45, 7) is 0. The number of aromatic nitrogens is 1. The Hall–Kier alpha value is -1.34. The third-order valence-corrected chi connectivity index (χ3v) is 2.46. The monoisotopic (exact) mass is 402 g/mol. The largest absolute Gasteiger partial charge is 0.573 e. The summed E-state index contributed by atoms with van der Waals surface area (Å²) in [6, 6.07) is 0. The van der Waals surface area contributed by atoms with Crippen LogP contribution < -0.4 is 4.74 Å². The van der Waals surface area contributed by atoms with E-state index in [2.05, 4.69) is 9.72 Å². The van der Waals surface area contributed by atoms with Crippen LogP contribution in [-0.4, -0.2) is 16.3 Å². The fraction of sp³-hybridized carbons (Fsp3) is 0.286. The van der Waals surface area contributed by atoms with Crippen LogP contribution in [0.3, 0.4) is 0 Å². The summed E-state index contributed by atoms with van der Waals surface area (Å²) in [5, 5.41) is 10.6. The Morgan fingerprint density at radius 1 is 1.26 bits per heavy atom. The average Bonchev–Trinajstić information content (AvgIpc) is 2.11. The third kappa shape index (κ3) is 3.81. The highest BCUT2D eigenvalue weighted by molar-refractivity contribution is 14.1. The highest BCUT2D eigenvalue weighted by Crippen LogP contribution is 2.44. The van der Waals surface area contributed by atoms with Gasteiger partial charge >= 0.3 is 18.2 Å². The van der Waals surface area contributed by atoms with Gasteiger partial charge in [0.2, 0.25) is 5.75 Å². The molecule has 0 bridgehead atoms. The molecule has 0 amide bonds. The van der Waals surface area contributed by atoms with E-state index in [1.165, 1.54) is 0 Å². The maximum absolute atomic E-state index is 12.5. The summed E-state index contributed by atoms with van der Waals surface area (Å²) < 4.78 is 76.1. The van der Waals surface area contributed by atoms with Crippen molar-refractivity contribution in [2.75, 3.05) is 0 Å². The van der Waals surface area contributed by atoms with Gasteiger partial charge in [-0.2, -0.15) is 13.2 Å². The molecule has 0 spiro atoms. The standard InChI is InChI=1S/C7HF6IN2O3/c8-6(9,10)2-1-15-5(14)3(16(17)18)4(2)19-7(11,12)13/h1H. The lowest BCUT2D eigenvalue weighted by atomic mass is 10.2. The van der Waals surface area contributed by atoms with E-state index >= 15 is 0 Å². The minimum Gasteiger partial charge on any atom is -0.398 e. The van der Waals surface area contributed by atoms with Crippen molar-refractivity contribution in [1.82, 2.24) is 4.98 Å². The zero-order valence-electron chi connectivity index (χ0n) is 8.34. The van der Waals surface area contributed by atoms with E-state index in [4.69, 9.17) is 0 Å². The molecular formula is C7HF6IN2O3. The van der Waals surface area contributed by atoms with E-state index in [-0.39, 0.29) is 6.20 Å². The highest BCUT2D eigenvalue weighted by Gasteiger charge is 2.44. The molecule has 1 aromatic rings. The van der Waals surface area contributed by atoms with Gasteiger partial charge in [-0.05, 0) is 22.6 Å². The number of nitro groups is 1. The molecule has 0 saturated heterocycles. The summed E-state index contributed by atoms with van der Waals surface area (Å²) in [6.07, 6.45) is -10.7. The predicted molar refractivity (Wildman–Crippen MR) is 55.3 cm³/mol.